The summed E-state index contributed by atoms with van der Waals surface area (Å²) in [6.45, 7) is 2.91. The molecular weight excluding hydrogens is 312 g/mol. The number of rotatable bonds is 8. The van der Waals surface area contributed by atoms with Crippen molar-refractivity contribution in [1.29, 1.82) is 0 Å². The fourth-order valence-corrected chi connectivity index (χ4v) is 2.28. The molecule has 0 aliphatic heterocycles. The van der Waals surface area contributed by atoms with Crippen LogP contribution >= 0.6 is 15.9 Å². The number of halogens is 1. The molecule has 0 spiro atoms. The lowest BCUT2D eigenvalue weighted by molar-refractivity contribution is -0.385. The summed E-state index contributed by atoms with van der Waals surface area (Å²) in [4.78, 5) is 10.4. The Hall–Kier alpha value is -0.980. The van der Waals surface area contributed by atoms with Crippen LogP contribution in [0.5, 0.6) is 0 Å². The summed E-state index contributed by atoms with van der Waals surface area (Å²) >= 11 is 3.28. The molecule has 1 fully saturated rings. The maximum atomic E-state index is 10.7. The van der Waals surface area contributed by atoms with Gasteiger partial charge in [-0.15, -0.1) is 0 Å². The Balaban J connectivity index is 1.70. The summed E-state index contributed by atoms with van der Waals surface area (Å²) in [5.41, 5.74) is 0.999. The van der Waals surface area contributed by atoms with Crippen molar-refractivity contribution < 1.29 is 9.66 Å². The summed E-state index contributed by atoms with van der Waals surface area (Å²) < 4.78 is 6.23. The van der Waals surface area contributed by atoms with E-state index < -0.39 is 0 Å². The standard InChI is InChI=1S/C13H17BrN2O3/c14-12-5-11(6-13(7-12)16(17)18)8-15-3-4-19-9-10-1-2-10/h5-7,10,15H,1-4,8-9H2. The highest BCUT2D eigenvalue weighted by Crippen LogP contribution is 2.28. The number of nitrogens with one attached hydrogen (secondary N) is 1. The van der Waals surface area contributed by atoms with Crippen molar-refractivity contribution in [1.82, 2.24) is 5.32 Å². The predicted molar refractivity (Wildman–Crippen MR) is 76.0 cm³/mol. The van der Waals surface area contributed by atoms with Crippen molar-refractivity contribution in [3.05, 3.63) is 38.3 Å². The van der Waals surface area contributed by atoms with Crippen molar-refractivity contribution >= 4 is 21.6 Å². The molecule has 0 heterocycles. The second-order valence-electron chi connectivity index (χ2n) is 4.77. The Morgan fingerprint density at radius 3 is 2.89 bits per heavy atom. The quantitative estimate of drug-likeness (QED) is 0.452. The molecule has 0 atom stereocenters. The smallest absolute Gasteiger partial charge is 0.270 e. The van der Waals surface area contributed by atoms with E-state index in [0.717, 1.165) is 29.1 Å². The Kier molecular flexibility index (Phi) is 5.30. The lowest BCUT2D eigenvalue weighted by Gasteiger charge is -2.06. The molecule has 6 heteroatoms. The van der Waals surface area contributed by atoms with E-state index in [1.165, 1.54) is 18.9 Å². The molecule has 0 unspecified atom stereocenters. The molecule has 1 saturated carbocycles. The van der Waals surface area contributed by atoms with Gasteiger partial charge in [0, 0.05) is 36.3 Å². The predicted octanol–water partition coefficient (Wildman–Crippen LogP) is 2.87. The van der Waals surface area contributed by atoms with Crippen LogP contribution < -0.4 is 5.32 Å². The van der Waals surface area contributed by atoms with Gasteiger partial charge in [0.05, 0.1) is 11.5 Å². The third-order valence-electron chi connectivity index (χ3n) is 2.96. The number of nitro benzene ring substituents is 1. The normalized spacial score (nSPS) is 14.6. The largest absolute Gasteiger partial charge is 0.380 e. The number of nitrogens with zero attached hydrogens (tertiary/aromatic N) is 1. The van der Waals surface area contributed by atoms with Gasteiger partial charge in [0.1, 0.15) is 0 Å². The van der Waals surface area contributed by atoms with Crippen LogP contribution in [0.3, 0.4) is 0 Å². The van der Waals surface area contributed by atoms with Gasteiger partial charge >= 0.3 is 0 Å². The van der Waals surface area contributed by atoms with Crippen LogP contribution in [0.4, 0.5) is 5.69 Å². The van der Waals surface area contributed by atoms with Crippen LogP contribution in [0.15, 0.2) is 22.7 Å². The summed E-state index contributed by atoms with van der Waals surface area (Å²) in [5, 5.41) is 14.0. The monoisotopic (exact) mass is 328 g/mol. The minimum absolute atomic E-state index is 0.108. The first-order chi connectivity index (χ1) is 9.15. The first kappa shape index (κ1) is 14.4. The van der Waals surface area contributed by atoms with E-state index in [-0.39, 0.29) is 10.6 Å². The van der Waals surface area contributed by atoms with Crippen LogP contribution in [-0.4, -0.2) is 24.7 Å². The topological polar surface area (TPSA) is 64.4 Å². The van der Waals surface area contributed by atoms with Crippen molar-refractivity contribution in [3.63, 3.8) is 0 Å². The number of hydrogen-bond acceptors (Lipinski definition) is 4. The number of hydrogen-bond donors (Lipinski definition) is 1. The minimum Gasteiger partial charge on any atom is -0.380 e. The molecular formula is C13H17BrN2O3. The van der Waals surface area contributed by atoms with Crippen LogP contribution in [0.25, 0.3) is 0 Å². The van der Waals surface area contributed by atoms with Crippen LogP contribution in [0.2, 0.25) is 0 Å². The van der Waals surface area contributed by atoms with E-state index in [1.54, 1.807) is 6.07 Å². The maximum absolute atomic E-state index is 10.7. The average molecular weight is 329 g/mol. The number of non-ortho nitro benzene ring substituents is 1. The molecule has 0 bridgehead atoms. The first-order valence-electron chi connectivity index (χ1n) is 6.37. The zero-order valence-electron chi connectivity index (χ0n) is 10.6. The van der Waals surface area contributed by atoms with E-state index in [2.05, 4.69) is 21.2 Å². The van der Waals surface area contributed by atoms with Gasteiger partial charge in [-0.3, -0.25) is 10.1 Å². The van der Waals surface area contributed by atoms with Gasteiger partial charge in [0.15, 0.2) is 0 Å². The third kappa shape index (κ3) is 5.26. The molecule has 104 valence electrons. The van der Waals surface area contributed by atoms with Crippen molar-refractivity contribution in [2.45, 2.75) is 19.4 Å². The fraction of sp³-hybridized carbons (Fsp3) is 0.538. The molecule has 5 nitrogen and oxygen atoms in total. The molecule has 0 radical (unpaired) electrons. The number of nitro groups is 1. The SMILES string of the molecule is O=[N+]([O-])c1cc(Br)cc(CNCCOCC2CC2)c1. The molecule has 0 saturated heterocycles. The highest BCUT2D eigenvalue weighted by Gasteiger charge is 2.20. The molecule has 0 aromatic heterocycles. The van der Waals surface area contributed by atoms with Crippen LogP contribution in [0, 0.1) is 16.0 Å². The fourth-order valence-electron chi connectivity index (χ4n) is 1.75. The van der Waals surface area contributed by atoms with Crippen molar-refractivity contribution in [2.24, 2.45) is 5.92 Å². The lowest BCUT2D eigenvalue weighted by atomic mass is 10.2. The molecule has 1 aliphatic rings. The van der Waals surface area contributed by atoms with Gasteiger partial charge in [-0.25, -0.2) is 0 Å². The third-order valence-corrected chi connectivity index (χ3v) is 3.41. The summed E-state index contributed by atoms with van der Waals surface area (Å²) in [6.07, 6.45) is 2.60. The lowest BCUT2D eigenvalue weighted by Crippen LogP contribution is -2.19. The highest BCUT2D eigenvalue weighted by atomic mass is 79.9. The van der Waals surface area contributed by atoms with Gasteiger partial charge in [-0.05, 0) is 30.4 Å². The molecule has 19 heavy (non-hydrogen) atoms. The maximum Gasteiger partial charge on any atom is 0.270 e. The van der Waals surface area contributed by atoms with Crippen LogP contribution in [-0.2, 0) is 11.3 Å². The van der Waals surface area contributed by atoms with E-state index in [9.17, 15) is 10.1 Å². The Morgan fingerprint density at radius 1 is 1.42 bits per heavy atom. The first-order valence-corrected chi connectivity index (χ1v) is 7.17. The Morgan fingerprint density at radius 2 is 2.21 bits per heavy atom. The van der Waals surface area contributed by atoms with Gasteiger partial charge in [-0.1, -0.05) is 15.9 Å². The molecule has 0 amide bonds. The molecule has 1 aromatic rings. The minimum atomic E-state index is -0.382. The number of ether oxygens (including phenoxy) is 1. The van der Waals surface area contributed by atoms with Gasteiger partial charge in [0.25, 0.3) is 5.69 Å². The molecule has 1 aliphatic carbocycles. The highest BCUT2D eigenvalue weighted by molar-refractivity contribution is 9.10. The van der Waals surface area contributed by atoms with E-state index in [4.69, 9.17) is 4.74 Å². The molecule has 1 N–H and O–H groups in total. The van der Waals surface area contributed by atoms with E-state index >= 15 is 0 Å². The van der Waals surface area contributed by atoms with Gasteiger partial charge < -0.3 is 10.1 Å². The molecule has 1 aromatic carbocycles. The van der Waals surface area contributed by atoms with E-state index in [0.29, 0.717) is 13.2 Å². The summed E-state index contributed by atoms with van der Waals surface area (Å²) in [6, 6.07) is 4.97. The average Bonchev–Trinajstić information content (AvgIpc) is 3.17. The Labute approximate surface area is 120 Å². The summed E-state index contributed by atoms with van der Waals surface area (Å²) in [7, 11) is 0. The van der Waals surface area contributed by atoms with Crippen LogP contribution in [0.1, 0.15) is 18.4 Å². The Bertz CT molecular complexity index is 450. The summed E-state index contributed by atoms with van der Waals surface area (Å²) in [5.74, 6) is 0.785. The van der Waals surface area contributed by atoms with Gasteiger partial charge in [0.2, 0.25) is 0 Å². The van der Waals surface area contributed by atoms with Crippen molar-refractivity contribution in [3.8, 4) is 0 Å². The van der Waals surface area contributed by atoms with Crippen molar-refractivity contribution in [2.75, 3.05) is 19.8 Å². The zero-order chi connectivity index (χ0) is 13.7. The second kappa shape index (κ2) is 6.98. The van der Waals surface area contributed by atoms with E-state index in [1.807, 2.05) is 6.07 Å². The number of benzene rings is 1. The molecule has 2 rings (SSSR count). The zero-order valence-corrected chi connectivity index (χ0v) is 12.2. The van der Waals surface area contributed by atoms with Gasteiger partial charge in [-0.2, -0.15) is 0 Å². The second-order valence-corrected chi connectivity index (χ2v) is 5.69.